The number of aryl methyl sites for hydroxylation is 1. The summed E-state index contributed by atoms with van der Waals surface area (Å²) in [6.07, 6.45) is 2.72. The average Bonchev–Trinajstić information content (AvgIpc) is 3.03. The summed E-state index contributed by atoms with van der Waals surface area (Å²) in [5.74, 6) is 1.30. The maximum absolute atomic E-state index is 13.1. The Morgan fingerprint density at radius 2 is 2.08 bits per heavy atom. The van der Waals surface area contributed by atoms with Gasteiger partial charge in [0.2, 0.25) is 0 Å². The molecule has 0 spiro atoms. The number of aromatic nitrogens is 3. The van der Waals surface area contributed by atoms with Crippen molar-refractivity contribution < 1.29 is 4.39 Å². The van der Waals surface area contributed by atoms with Crippen LogP contribution in [0.25, 0.3) is 5.65 Å². The van der Waals surface area contributed by atoms with Gasteiger partial charge in [-0.1, -0.05) is 12.1 Å². The van der Waals surface area contributed by atoms with Crippen molar-refractivity contribution in [2.24, 2.45) is 4.99 Å². The van der Waals surface area contributed by atoms with Crippen LogP contribution in [-0.4, -0.2) is 34.2 Å². The van der Waals surface area contributed by atoms with Gasteiger partial charge in [-0.05, 0) is 48.7 Å². The number of guanidine groups is 1. The van der Waals surface area contributed by atoms with E-state index in [0.29, 0.717) is 19.0 Å². The Kier molecular flexibility index (Phi) is 5.23. The second kappa shape index (κ2) is 7.74. The normalized spacial score (nSPS) is 11.7. The first-order valence-electron chi connectivity index (χ1n) is 8.15. The summed E-state index contributed by atoms with van der Waals surface area (Å²) < 4.78 is 15.1. The zero-order valence-corrected chi connectivity index (χ0v) is 14.3. The van der Waals surface area contributed by atoms with E-state index in [1.54, 1.807) is 13.1 Å². The van der Waals surface area contributed by atoms with Crippen molar-refractivity contribution >= 4 is 11.6 Å². The summed E-state index contributed by atoms with van der Waals surface area (Å²) in [5.41, 5.74) is 2.89. The first kappa shape index (κ1) is 16.9. The van der Waals surface area contributed by atoms with Crippen molar-refractivity contribution in [2.45, 2.75) is 19.9 Å². The molecule has 0 bridgehead atoms. The zero-order valence-electron chi connectivity index (χ0n) is 14.3. The number of rotatable bonds is 5. The zero-order chi connectivity index (χ0) is 17.6. The number of nitrogens with one attached hydrogen (secondary N) is 2. The lowest BCUT2D eigenvalue weighted by Crippen LogP contribution is -2.38. The summed E-state index contributed by atoms with van der Waals surface area (Å²) >= 11 is 0. The van der Waals surface area contributed by atoms with E-state index in [2.05, 4.69) is 25.8 Å². The third-order valence-electron chi connectivity index (χ3n) is 4.01. The Balaban J connectivity index is 1.53. The van der Waals surface area contributed by atoms with E-state index in [-0.39, 0.29) is 5.82 Å². The van der Waals surface area contributed by atoms with Gasteiger partial charge in [0.1, 0.15) is 5.82 Å². The van der Waals surface area contributed by atoms with E-state index in [4.69, 9.17) is 0 Å². The molecule has 0 unspecified atom stereocenters. The van der Waals surface area contributed by atoms with Crippen LogP contribution in [0, 0.1) is 12.7 Å². The van der Waals surface area contributed by atoms with Crippen LogP contribution in [0.2, 0.25) is 0 Å². The second-order valence-electron chi connectivity index (χ2n) is 5.72. The molecular weight excluding hydrogens is 319 g/mol. The molecule has 0 aliphatic rings. The molecule has 0 fully saturated rings. The molecular formula is C18H21FN6. The number of nitrogens with zero attached hydrogens (tertiary/aromatic N) is 4. The average molecular weight is 340 g/mol. The van der Waals surface area contributed by atoms with Crippen LogP contribution < -0.4 is 10.6 Å². The SMILES string of the molecule is CN=C(NCCc1ccc(F)cc1C)NCc1nnc2ccccn12. The maximum atomic E-state index is 13.1. The fraction of sp³-hybridized carbons (Fsp3) is 0.278. The fourth-order valence-corrected chi connectivity index (χ4v) is 2.65. The monoisotopic (exact) mass is 340 g/mol. The van der Waals surface area contributed by atoms with Crippen molar-refractivity contribution in [1.82, 2.24) is 25.2 Å². The summed E-state index contributed by atoms with van der Waals surface area (Å²) in [6.45, 7) is 3.13. The molecule has 0 saturated carbocycles. The molecule has 0 radical (unpaired) electrons. The summed E-state index contributed by atoms with van der Waals surface area (Å²) in [4.78, 5) is 4.21. The van der Waals surface area contributed by atoms with Gasteiger partial charge in [-0.15, -0.1) is 10.2 Å². The van der Waals surface area contributed by atoms with E-state index in [9.17, 15) is 4.39 Å². The summed E-state index contributed by atoms with van der Waals surface area (Å²) in [6, 6.07) is 10.7. The molecule has 2 heterocycles. The standard InChI is InChI=1S/C18H21FN6/c1-13-11-15(19)7-6-14(13)8-9-21-18(20-2)22-12-17-24-23-16-5-3-4-10-25(16)17/h3-7,10-11H,8-9,12H2,1-2H3,(H2,20,21,22). The molecule has 0 saturated heterocycles. The van der Waals surface area contributed by atoms with Gasteiger partial charge in [0.15, 0.2) is 17.4 Å². The van der Waals surface area contributed by atoms with Crippen molar-refractivity contribution in [3.05, 3.63) is 65.4 Å². The second-order valence-corrected chi connectivity index (χ2v) is 5.72. The van der Waals surface area contributed by atoms with E-state index >= 15 is 0 Å². The maximum Gasteiger partial charge on any atom is 0.191 e. The van der Waals surface area contributed by atoms with Crippen LogP contribution in [0.1, 0.15) is 17.0 Å². The molecule has 7 heteroatoms. The molecule has 1 aromatic carbocycles. The smallest absolute Gasteiger partial charge is 0.191 e. The van der Waals surface area contributed by atoms with Crippen molar-refractivity contribution in [3.8, 4) is 0 Å². The van der Waals surface area contributed by atoms with Crippen LogP contribution >= 0.6 is 0 Å². The Morgan fingerprint density at radius 3 is 2.88 bits per heavy atom. The Bertz CT molecular complexity index is 886. The lowest BCUT2D eigenvalue weighted by atomic mass is 10.1. The van der Waals surface area contributed by atoms with Crippen molar-refractivity contribution in [3.63, 3.8) is 0 Å². The van der Waals surface area contributed by atoms with Gasteiger partial charge in [-0.25, -0.2) is 4.39 Å². The number of benzene rings is 1. The molecule has 2 aromatic heterocycles. The van der Waals surface area contributed by atoms with Crippen LogP contribution in [0.5, 0.6) is 0 Å². The van der Waals surface area contributed by atoms with Crippen LogP contribution in [0.15, 0.2) is 47.6 Å². The lowest BCUT2D eigenvalue weighted by molar-refractivity contribution is 0.625. The van der Waals surface area contributed by atoms with Gasteiger partial charge in [-0.2, -0.15) is 0 Å². The highest BCUT2D eigenvalue weighted by Crippen LogP contribution is 2.10. The first-order valence-corrected chi connectivity index (χ1v) is 8.15. The van der Waals surface area contributed by atoms with Gasteiger partial charge in [0.25, 0.3) is 0 Å². The molecule has 6 nitrogen and oxygen atoms in total. The molecule has 0 atom stereocenters. The van der Waals surface area contributed by atoms with Crippen molar-refractivity contribution in [2.75, 3.05) is 13.6 Å². The Morgan fingerprint density at radius 1 is 1.20 bits per heavy atom. The fourth-order valence-electron chi connectivity index (χ4n) is 2.65. The minimum Gasteiger partial charge on any atom is -0.356 e. The van der Waals surface area contributed by atoms with Gasteiger partial charge in [0.05, 0.1) is 6.54 Å². The summed E-state index contributed by atoms with van der Waals surface area (Å²) in [5, 5.41) is 14.8. The topological polar surface area (TPSA) is 66.6 Å². The molecule has 3 aromatic rings. The minimum atomic E-state index is -0.202. The highest BCUT2D eigenvalue weighted by Gasteiger charge is 2.06. The van der Waals surface area contributed by atoms with Crippen LogP contribution in [-0.2, 0) is 13.0 Å². The van der Waals surface area contributed by atoms with Gasteiger partial charge < -0.3 is 10.6 Å². The molecule has 2 N–H and O–H groups in total. The quantitative estimate of drug-likeness (QED) is 0.551. The van der Waals surface area contributed by atoms with E-state index in [1.807, 2.05) is 41.8 Å². The van der Waals surface area contributed by atoms with Gasteiger partial charge >= 0.3 is 0 Å². The lowest BCUT2D eigenvalue weighted by Gasteiger charge is -2.12. The van der Waals surface area contributed by atoms with Crippen molar-refractivity contribution in [1.29, 1.82) is 0 Å². The molecule has 0 amide bonds. The third kappa shape index (κ3) is 4.12. The number of fused-ring (bicyclic) bond motifs is 1. The molecule has 0 aliphatic carbocycles. The Hall–Kier alpha value is -2.96. The van der Waals surface area contributed by atoms with E-state index in [1.165, 1.54) is 6.07 Å². The number of hydrogen-bond donors (Lipinski definition) is 2. The predicted molar refractivity (Wildman–Crippen MR) is 96.0 cm³/mol. The molecule has 25 heavy (non-hydrogen) atoms. The predicted octanol–water partition coefficient (Wildman–Crippen LogP) is 2.08. The van der Waals surface area contributed by atoms with Crippen LogP contribution in [0.4, 0.5) is 4.39 Å². The van der Waals surface area contributed by atoms with Crippen LogP contribution in [0.3, 0.4) is 0 Å². The van der Waals surface area contributed by atoms with Gasteiger partial charge in [0, 0.05) is 19.8 Å². The van der Waals surface area contributed by atoms with E-state index < -0.39 is 0 Å². The number of hydrogen-bond acceptors (Lipinski definition) is 3. The first-order chi connectivity index (χ1) is 12.2. The molecule has 130 valence electrons. The Labute approximate surface area is 145 Å². The minimum absolute atomic E-state index is 0.202. The van der Waals surface area contributed by atoms with Gasteiger partial charge in [-0.3, -0.25) is 9.39 Å². The number of aliphatic imine (C=N–C) groups is 1. The van der Waals surface area contributed by atoms with E-state index in [0.717, 1.165) is 29.0 Å². The highest BCUT2D eigenvalue weighted by atomic mass is 19.1. The number of pyridine rings is 1. The third-order valence-corrected chi connectivity index (χ3v) is 4.01. The number of halogens is 1. The highest BCUT2D eigenvalue weighted by molar-refractivity contribution is 5.79. The summed E-state index contributed by atoms with van der Waals surface area (Å²) in [7, 11) is 1.72. The molecule has 3 rings (SSSR count). The molecule has 0 aliphatic heterocycles. The largest absolute Gasteiger partial charge is 0.356 e.